The highest BCUT2D eigenvalue weighted by Crippen LogP contribution is 2.28. The zero-order valence-electron chi connectivity index (χ0n) is 11.9. The molecular weight excluding hydrogens is 266 g/mol. The van der Waals surface area contributed by atoms with Gasteiger partial charge < -0.3 is 10.2 Å². The first kappa shape index (κ1) is 13.4. The fourth-order valence-electron chi connectivity index (χ4n) is 2.71. The summed E-state index contributed by atoms with van der Waals surface area (Å²) >= 11 is 1.71. The van der Waals surface area contributed by atoms with Crippen LogP contribution >= 0.6 is 11.3 Å². The first-order valence-corrected chi connectivity index (χ1v) is 8.20. The number of aryl methyl sites for hydroxylation is 1. The third-order valence-corrected chi connectivity index (χ3v) is 4.55. The molecule has 0 radical (unpaired) electrons. The summed E-state index contributed by atoms with van der Waals surface area (Å²) in [6, 6.07) is 8.62. The van der Waals surface area contributed by atoms with Gasteiger partial charge in [0.05, 0.1) is 28.6 Å². The lowest BCUT2D eigenvalue weighted by Gasteiger charge is -2.30. The van der Waals surface area contributed by atoms with E-state index in [0.717, 1.165) is 17.2 Å². The number of hydrogen-bond donors (Lipinski definition) is 1. The van der Waals surface area contributed by atoms with Crippen LogP contribution in [0.1, 0.15) is 30.0 Å². The number of nitrogens with zero attached hydrogens (tertiary/aromatic N) is 2. The predicted molar refractivity (Wildman–Crippen MR) is 86.7 cm³/mol. The van der Waals surface area contributed by atoms with Crippen molar-refractivity contribution in [3.8, 4) is 0 Å². The van der Waals surface area contributed by atoms with Gasteiger partial charge in [0.2, 0.25) is 0 Å². The summed E-state index contributed by atoms with van der Waals surface area (Å²) in [6.45, 7) is 5.20. The van der Waals surface area contributed by atoms with Crippen molar-refractivity contribution in [1.82, 2.24) is 4.98 Å². The summed E-state index contributed by atoms with van der Waals surface area (Å²) in [7, 11) is 0. The number of piperidine rings is 1. The summed E-state index contributed by atoms with van der Waals surface area (Å²) < 4.78 is 0. The van der Waals surface area contributed by atoms with E-state index in [1.807, 2.05) is 0 Å². The molecule has 4 heteroatoms. The van der Waals surface area contributed by atoms with Crippen molar-refractivity contribution in [2.45, 2.75) is 32.7 Å². The van der Waals surface area contributed by atoms with Gasteiger partial charge in [-0.15, -0.1) is 11.3 Å². The van der Waals surface area contributed by atoms with Gasteiger partial charge in [-0.05, 0) is 38.3 Å². The number of anilines is 2. The molecule has 1 N–H and O–H groups in total. The smallest absolute Gasteiger partial charge is 0.0898 e. The number of thiazole rings is 1. The van der Waals surface area contributed by atoms with Gasteiger partial charge in [0.15, 0.2) is 0 Å². The van der Waals surface area contributed by atoms with Gasteiger partial charge in [0, 0.05) is 18.5 Å². The highest BCUT2D eigenvalue weighted by molar-refractivity contribution is 7.09. The Bertz CT molecular complexity index is 558. The minimum absolute atomic E-state index is 0.801. The molecule has 1 aliphatic rings. The Hall–Kier alpha value is -1.55. The number of benzene rings is 1. The van der Waals surface area contributed by atoms with Crippen molar-refractivity contribution in [2.24, 2.45) is 0 Å². The minimum atomic E-state index is 0.801. The van der Waals surface area contributed by atoms with Gasteiger partial charge in [-0.25, -0.2) is 4.98 Å². The normalized spacial score (nSPS) is 15.3. The monoisotopic (exact) mass is 287 g/mol. The van der Waals surface area contributed by atoms with Crippen molar-refractivity contribution < 1.29 is 0 Å². The van der Waals surface area contributed by atoms with Crippen molar-refractivity contribution in [2.75, 3.05) is 23.3 Å². The summed E-state index contributed by atoms with van der Waals surface area (Å²) in [5.41, 5.74) is 3.68. The molecule has 2 aromatic rings. The third kappa shape index (κ3) is 3.12. The Morgan fingerprint density at radius 1 is 1.20 bits per heavy atom. The fraction of sp³-hybridized carbons (Fsp3) is 0.438. The lowest BCUT2D eigenvalue weighted by molar-refractivity contribution is 0.578. The third-order valence-electron chi connectivity index (χ3n) is 3.73. The van der Waals surface area contributed by atoms with Gasteiger partial charge in [-0.2, -0.15) is 0 Å². The Morgan fingerprint density at radius 2 is 2.00 bits per heavy atom. The Morgan fingerprint density at radius 3 is 2.75 bits per heavy atom. The van der Waals surface area contributed by atoms with Crippen LogP contribution < -0.4 is 10.2 Å². The van der Waals surface area contributed by atoms with E-state index in [0.29, 0.717) is 0 Å². The van der Waals surface area contributed by atoms with Crippen LogP contribution in [0, 0.1) is 6.92 Å². The molecule has 106 valence electrons. The zero-order valence-corrected chi connectivity index (χ0v) is 12.7. The Labute approximate surface area is 124 Å². The van der Waals surface area contributed by atoms with E-state index >= 15 is 0 Å². The van der Waals surface area contributed by atoms with Crippen molar-refractivity contribution in [3.05, 3.63) is 40.3 Å². The van der Waals surface area contributed by atoms with Gasteiger partial charge in [0.25, 0.3) is 0 Å². The number of rotatable bonds is 4. The predicted octanol–water partition coefficient (Wildman–Crippen LogP) is 4.05. The maximum absolute atomic E-state index is 4.51. The van der Waals surface area contributed by atoms with Crippen LogP contribution in [0.2, 0.25) is 0 Å². The average molecular weight is 287 g/mol. The molecule has 0 atom stereocenters. The summed E-state index contributed by atoms with van der Waals surface area (Å²) in [6.07, 6.45) is 3.98. The minimum Gasteiger partial charge on any atom is -0.378 e. The second-order valence-corrected chi connectivity index (χ2v) is 6.34. The van der Waals surface area contributed by atoms with E-state index in [-0.39, 0.29) is 0 Å². The SMILES string of the molecule is Cc1nc(CNc2ccccc2N2CCCCC2)cs1. The van der Waals surface area contributed by atoms with Crippen molar-refractivity contribution in [1.29, 1.82) is 0 Å². The maximum atomic E-state index is 4.51. The first-order valence-electron chi connectivity index (χ1n) is 7.32. The summed E-state index contributed by atoms with van der Waals surface area (Å²) in [5.74, 6) is 0. The quantitative estimate of drug-likeness (QED) is 0.919. The van der Waals surface area contributed by atoms with Gasteiger partial charge in [0.1, 0.15) is 0 Å². The zero-order chi connectivity index (χ0) is 13.8. The van der Waals surface area contributed by atoms with Crippen LogP contribution in [0.25, 0.3) is 0 Å². The van der Waals surface area contributed by atoms with Crippen molar-refractivity contribution >= 4 is 22.7 Å². The molecule has 0 aliphatic carbocycles. The molecule has 0 unspecified atom stereocenters. The Balaban J connectivity index is 1.72. The molecule has 0 amide bonds. The van der Waals surface area contributed by atoms with Crippen LogP contribution in [-0.2, 0) is 6.54 Å². The van der Waals surface area contributed by atoms with Gasteiger partial charge >= 0.3 is 0 Å². The van der Waals surface area contributed by atoms with Crippen LogP contribution in [0.5, 0.6) is 0 Å². The second-order valence-electron chi connectivity index (χ2n) is 5.28. The highest BCUT2D eigenvalue weighted by Gasteiger charge is 2.13. The number of nitrogens with one attached hydrogen (secondary N) is 1. The molecule has 1 fully saturated rings. The van der Waals surface area contributed by atoms with E-state index in [4.69, 9.17) is 0 Å². The molecule has 3 rings (SSSR count). The fourth-order valence-corrected chi connectivity index (χ4v) is 3.32. The van der Waals surface area contributed by atoms with E-state index < -0.39 is 0 Å². The molecule has 1 aliphatic heterocycles. The molecule has 2 heterocycles. The number of para-hydroxylation sites is 2. The largest absolute Gasteiger partial charge is 0.378 e. The lowest BCUT2D eigenvalue weighted by Crippen LogP contribution is -2.30. The molecule has 3 nitrogen and oxygen atoms in total. The van der Waals surface area contributed by atoms with Crippen LogP contribution in [0.4, 0.5) is 11.4 Å². The summed E-state index contributed by atoms with van der Waals surface area (Å²) in [5, 5.41) is 6.80. The molecular formula is C16H21N3S. The van der Waals surface area contributed by atoms with E-state index in [1.165, 1.54) is 43.7 Å². The molecule has 0 bridgehead atoms. The molecule has 1 aromatic carbocycles. The topological polar surface area (TPSA) is 28.2 Å². The lowest BCUT2D eigenvalue weighted by atomic mass is 10.1. The average Bonchev–Trinajstić information content (AvgIpc) is 2.92. The van der Waals surface area contributed by atoms with E-state index in [9.17, 15) is 0 Å². The number of hydrogen-bond acceptors (Lipinski definition) is 4. The second kappa shape index (κ2) is 6.27. The summed E-state index contributed by atoms with van der Waals surface area (Å²) in [4.78, 5) is 7.01. The molecule has 0 saturated carbocycles. The standard InChI is InChI=1S/C16H21N3S/c1-13-18-14(12-20-13)11-17-15-7-3-4-8-16(15)19-9-5-2-6-10-19/h3-4,7-8,12,17H,2,5-6,9-11H2,1H3. The van der Waals surface area contributed by atoms with Crippen LogP contribution in [0.15, 0.2) is 29.6 Å². The van der Waals surface area contributed by atoms with Crippen LogP contribution in [0.3, 0.4) is 0 Å². The maximum Gasteiger partial charge on any atom is 0.0898 e. The molecule has 20 heavy (non-hydrogen) atoms. The number of aromatic nitrogens is 1. The molecule has 1 aromatic heterocycles. The Kier molecular flexibility index (Phi) is 4.21. The van der Waals surface area contributed by atoms with E-state index in [2.05, 4.69) is 51.8 Å². The van der Waals surface area contributed by atoms with Crippen molar-refractivity contribution in [3.63, 3.8) is 0 Å². The molecule has 0 spiro atoms. The van der Waals surface area contributed by atoms with E-state index in [1.54, 1.807) is 11.3 Å². The first-order chi connectivity index (χ1) is 9.83. The van der Waals surface area contributed by atoms with Gasteiger partial charge in [-0.1, -0.05) is 12.1 Å². The highest BCUT2D eigenvalue weighted by atomic mass is 32.1. The molecule has 1 saturated heterocycles. The van der Waals surface area contributed by atoms with Gasteiger partial charge in [-0.3, -0.25) is 0 Å². The van der Waals surface area contributed by atoms with Crippen LogP contribution in [-0.4, -0.2) is 18.1 Å².